The summed E-state index contributed by atoms with van der Waals surface area (Å²) < 4.78 is 33.0. The quantitative estimate of drug-likeness (QED) is 0.0567. The number of pyridine rings is 4. The van der Waals surface area contributed by atoms with Crippen molar-refractivity contribution in [3.63, 3.8) is 0 Å². The lowest BCUT2D eigenvalue weighted by Gasteiger charge is -2.43. The van der Waals surface area contributed by atoms with Gasteiger partial charge in [0.1, 0.15) is 33.9 Å². The second-order valence-corrected chi connectivity index (χ2v) is 28.9. The van der Waals surface area contributed by atoms with Gasteiger partial charge in [-0.2, -0.15) is 0 Å². The van der Waals surface area contributed by atoms with E-state index in [0.717, 1.165) is 131 Å². The van der Waals surface area contributed by atoms with Crippen molar-refractivity contribution < 1.29 is 38.4 Å². The molecule has 11 aromatic rings. The van der Waals surface area contributed by atoms with E-state index in [2.05, 4.69) is 115 Å². The Morgan fingerprint density at radius 3 is 1.42 bits per heavy atom. The lowest BCUT2D eigenvalue weighted by atomic mass is 9.72. The van der Waals surface area contributed by atoms with Gasteiger partial charge in [-0.15, -0.1) is 0 Å². The van der Waals surface area contributed by atoms with Crippen LogP contribution in [0.5, 0.6) is 0 Å². The third kappa shape index (κ3) is 15.4. The number of ether oxygens (including phenoxy) is 5. The molecule has 0 unspecified atom stereocenters. The minimum absolute atomic E-state index is 0.00952. The van der Waals surface area contributed by atoms with Crippen LogP contribution in [-0.4, -0.2) is 132 Å². The van der Waals surface area contributed by atoms with Gasteiger partial charge in [0.15, 0.2) is 22.9 Å². The van der Waals surface area contributed by atoms with Crippen LogP contribution in [0.3, 0.4) is 0 Å². The monoisotopic (exact) mass is 1380 g/mol. The number of nitrogens with zero attached hydrogens (tertiary/aromatic N) is 10. The number of aliphatic hydroxyl groups excluding tert-OH is 1. The minimum atomic E-state index is -0.581. The number of amides is 2. The van der Waals surface area contributed by atoms with Gasteiger partial charge in [-0.1, -0.05) is 78.9 Å². The zero-order valence-corrected chi connectivity index (χ0v) is 59.1. The van der Waals surface area contributed by atoms with E-state index in [4.69, 9.17) is 55.1 Å². The number of nitrogens with one attached hydrogen (secondary N) is 2. The fourth-order valence-corrected chi connectivity index (χ4v) is 13.9. The van der Waals surface area contributed by atoms with Gasteiger partial charge in [-0.25, -0.2) is 39.5 Å². The third-order valence-electron chi connectivity index (χ3n) is 19.3. The minimum Gasteiger partial charge on any atom is -0.444 e. The number of aromatic nitrogens is 8. The van der Waals surface area contributed by atoms with Gasteiger partial charge < -0.3 is 60.7 Å². The van der Waals surface area contributed by atoms with Crippen LogP contribution < -0.4 is 31.9 Å². The maximum atomic E-state index is 12.8. The summed E-state index contributed by atoms with van der Waals surface area (Å²) in [6.45, 7) is 16.4. The zero-order chi connectivity index (χ0) is 71.5. The van der Waals surface area contributed by atoms with E-state index in [9.17, 15) is 14.7 Å². The van der Waals surface area contributed by atoms with Crippen molar-refractivity contribution in [3.05, 3.63) is 205 Å². The standard InChI is InChI=1S/C44H47N7O4.C37H41N7O4/c1-43(2,3)55-42(52)49-44(21-9-22-44)32-15-17-33(18-16-32)51-40(36-14-8-23-46-39(36)45)48-38-20-19-37(47-41(38)51)31-12-7-13-34(26-31)50-24-25-54-35(27-50)29-53-28-30-10-5-4-6-11-30;1-36(2,3)48-35(46)42-37(16-6-17-37)25-10-12-26(13-11-25)44-33(29-9-5-18-39-32(29)38)41-31-15-14-30(40-34(31)44)24-7-4-8-27(21-24)43-19-20-47-28(22-43)23-45/h4-8,10-20,23,26,35H,9,21-22,24-25,27-29H2,1-3H3,(H2,45,46)(H,49,52);4-5,7-15,18,21,28,45H,6,16-17,19-20,22-23H2,1-3H3,(H2,38,39)(H,42,46)/t35-;28-/m00/s1. The summed E-state index contributed by atoms with van der Waals surface area (Å²) in [6.07, 6.45) is 7.70. The molecule has 0 spiro atoms. The predicted molar refractivity (Wildman–Crippen MR) is 401 cm³/mol. The first-order valence-electron chi connectivity index (χ1n) is 35.4. The number of hydrogen-bond donors (Lipinski definition) is 5. The van der Waals surface area contributed by atoms with Crippen molar-refractivity contribution in [3.8, 4) is 56.7 Å². The summed E-state index contributed by atoms with van der Waals surface area (Å²) in [5.41, 5.74) is 25.6. The molecule has 2 aliphatic carbocycles. The van der Waals surface area contributed by atoms with Gasteiger partial charge in [0.05, 0.1) is 78.8 Å². The molecule has 4 fully saturated rings. The van der Waals surface area contributed by atoms with E-state index < -0.39 is 34.5 Å². The maximum absolute atomic E-state index is 12.8. The highest BCUT2D eigenvalue weighted by Gasteiger charge is 2.43. The number of carbonyl (C=O) groups excluding carboxylic acids is 2. The highest BCUT2D eigenvalue weighted by Crippen LogP contribution is 2.44. The van der Waals surface area contributed by atoms with Crippen LogP contribution in [0.1, 0.15) is 96.8 Å². The Kier molecular flexibility index (Phi) is 19.7. The molecule has 0 radical (unpaired) electrons. The molecular weight excluding hydrogens is 1300 g/mol. The Hall–Kier alpha value is -10.8. The molecule has 22 heteroatoms. The highest BCUT2D eigenvalue weighted by molar-refractivity contribution is 5.87. The van der Waals surface area contributed by atoms with Gasteiger partial charge >= 0.3 is 12.2 Å². The number of nitrogen functional groups attached to an aromatic ring is 2. The Morgan fingerprint density at radius 1 is 0.534 bits per heavy atom. The van der Waals surface area contributed by atoms with Crippen molar-refractivity contribution in [2.45, 2.75) is 121 Å². The summed E-state index contributed by atoms with van der Waals surface area (Å²) >= 11 is 0. The van der Waals surface area contributed by atoms with Gasteiger partial charge in [-0.05, 0) is 194 Å². The molecule has 2 aliphatic heterocycles. The van der Waals surface area contributed by atoms with E-state index in [-0.39, 0.29) is 18.8 Å². The lowest BCUT2D eigenvalue weighted by Crippen LogP contribution is -2.52. The summed E-state index contributed by atoms with van der Waals surface area (Å²) in [5.74, 6) is 2.04. The number of carbonyl (C=O) groups is 2. The molecule has 2 amide bonds. The fourth-order valence-electron chi connectivity index (χ4n) is 13.9. The highest BCUT2D eigenvalue weighted by atomic mass is 16.6. The Balaban J connectivity index is 0.000000176. The van der Waals surface area contributed by atoms with E-state index in [1.165, 1.54) is 0 Å². The van der Waals surface area contributed by atoms with Crippen LogP contribution in [0.15, 0.2) is 188 Å². The summed E-state index contributed by atoms with van der Waals surface area (Å²) in [7, 11) is 0. The Labute approximate surface area is 599 Å². The summed E-state index contributed by atoms with van der Waals surface area (Å²) in [5, 5.41) is 16.0. The number of morpholine rings is 2. The second kappa shape index (κ2) is 29.3. The van der Waals surface area contributed by atoms with Crippen LogP contribution in [0.2, 0.25) is 0 Å². The number of anilines is 4. The smallest absolute Gasteiger partial charge is 0.408 e. The molecule has 22 nitrogen and oxygen atoms in total. The number of nitrogens with two attached hydrogens (primary N) is 2. The van der Waals surface area contributed by atoms with E-state index >= 15 is 0 Å². The van der Waals surface area contributed by atoms with Gasteiger partial charge in [0.25, 0.3) is 0 Å². The lowest BCUT2D eigenvalue weighted by molar-refractivity contribution is -0.0283. The molecule has 15 rings (SSSR count). The number of aliphatic hydroxyl groups is 1. The molecule has 4 aliphatic rings. The fraction of sp³-hybridized carbons (Fsp3) is 0.333. The van der Waals surface area contributed by atoms with Crippen molar-refractivity contribution in [1.29, 1.82) is 0 Å². The van der Waals surface area contributed by atoms with Crippen molar-refractivity contribution >= 4 is 57.5 Å². The first kappa shape index (κ1) is 69.3. The van der Waals surface area contributed by atoms with Crippen LogP contribution >= 0.6 is 0 Å². The zero-order valence-electron chi connectivity index (χ0n) is 59.1. The Morgan fingerprint density at radius 2 is 0.990 bits per heavy atom. The van der Waals surface area contributed by atoms with Crippen molar-refractivity contribution in [2.75, 3.05) is 73.9 Å². The van der Waals surface area contributed by atoms with Crippen LogP contribution in [0.25, 0.3) is 79.0 Å². The number of hydrogen-bond acceptors (Lipinski definition) is 18. The largest absolute Gasteiger partial charge is 0.444 e. The third-order valence-corrected chi connectivity index (χ3v) is 19.3. The van der Waals surface area contributed by atoms with Gasteiger partial charge in [0.2, 0.25) is 0 Å². The normalized spacial score (nSPS) is 17.2. The summed E-state index contributed by atoms with van der Waals surface area (Å²) in [6, 6.07) is 58.9. The predicted octanol–water partition coefficient (Wildman–Crippen LogP) is 13.9. The van der Waals surface area contributed by atoms with Crippen LogP contribution in [-0.2, 0) is 41.4 Å². The number of alkyl carbamates (subject to hydrolysis) is 2. The molecule has 6 aromatic heterocycles. The van der Waals surface area contributed by atoms with Crippen LogP contribution in [0, 0.1) is 0 Å². The van der Waals surface area contributed by atoms with Gasteiger partial charge in [-0.3, -0.25) is 9.13 Å². The molecule has 530 valence electrons. The molecule has 103 heavy (non-hydrogen) atoms. The average molecular weight is 1390 g/mol. The average Bonchev–Trinajstić information content (AvgIpc) is 1.73. The molecular formula is C81H88N14O8. The summed E-state index contributed by atoms with van der Waals surface area (Å²) in [4.78, 5) is 59.3. The molecule has 2 saturated heterocycles. The van der Waals surface area contributed by atoms with E-state index in [0.29, 0.717) is 78.7 Å². The number of imidazole rings is 2. The first-order valence-corrected chi connectivity index (χ1v) is 35.4. The number of fused-ring (bicyclic) bond motifs is 2. The molecule has 2 atom stereocenters. The van der Waals surface area contributed by atoms with Gasteiger partial charge in [0, 0.05) is 72.4 Å². The topological polar surface area (TPSA) is 270 Å². The number of rotatable bonds is 17. The molecule has 0 bridgehead atoms. The molecule has 2 saturated carbocycles. The van der Waals surface area contributed by atoms with Crippen LogP contribution in [0.4, 0.5) is 32.6 Å². The second-order valence-electron chi connectivity index (χ2n) is 28.9. The van der Waals surface area contributed by atoms with Crippen molar-refractivity contribution in [1.82, 2.24) is 49.7 Å². The molecule has 7 N–H and O–H groups in total. The molecule has 8 heterocycles. The van der Waals surface area contributed by atoms with E-state index in [1.54, 1.807) is 12.4 Å². The van der Waals surface area contributed by atoms with Crippen molar-refractivity contribution in [2.24, 2.45) is 0 Å². The SMILES string of the molecule is CC(C)(C)OC(=O)NC1(c2ccc(-n3c(-c4cccnc4N)nc4ccc(-c5cccc(N6CCO[C@H](CO)C6)c5)nc43)cc2)CCC1.CC(C)(C)OC(=O)NC1(c2ccc(-n3c(-c4cccnc4N)nc4ccc(-c5cccc(N6CCO[C@H](COCc7ccccc7)C6)c5)nc43)cc2)CCC1. The molecule has 5 aromatic carbocycles. The van der Waals surface area contributed by atoms with E-state index in [1.807, 2.05) is 142 Å². The Bertz CT molecular complexity index is 4830. The maximum Gasteiger partial charge on any atom is 0.408 e. The first-order chi connectivity index (χ1) is 49.8. The number of benzene rings is 5.